The lowest BCUT2D eigenvalue weighted by Crippen LogP contribution is -2.38. The van der Waals surface area contributed by atoms with Gasteiger partial charge in [-0.15, -0.1) is 0 Å². The molecule has 0 unspecified atom stereocenters. The SMILES string of the molecule is CCNC(=NCCCn1cc(C)cn1)NCCC(C)C. The third-order valence-electron chi connectivity index (χ3n) is 2.94. The molecular weight excluding hydrogens is 250 g/mol. The second kappa shape index (κ2) is 9.39. The van der Waals surface area contributed by atoms with Gasteiger partial charge < -0.3 is 10.6 Å². The van der Waals surface area contributed by atoms with Gasteiger partial charge in [0.1, 0.15) is 0 Å². The number of aromatic nitrogens is 2. The molecule has 114 valence electrons. The normalized spacial score (nSPS) is 11.9. The van der Waals surface area contributed by atoms with E-state index in [1.165, 1.54) is 5.56 Å². The summed E-state index contributed by atoms with van der Waals surface area (Å²) in [6.45, 7) is 12.2. The minimum atomic E-state index is 0.716. The molecular formula is C15H29N5. The van der Waals surface area contributed by atoms with E-state index in [0.29, 0.717) is 5.92 Å². The van der Waals surface area contributed by atoms with Crippen LogP contribution in [0.1, 0.15) is 39.2 Å². The summed E-state index contributed by atoms with van der Waals surface area (Å²) in [6, 6.07) is 0. The topological polar surface area (TPSA) is 54.2 Å². The molecule has 20 heavy (non-hydrogen) atoms. The molecule has 1 heterocycles. The molecule has 0 bridgehead atoms. The fourth-order valence-electron chi connectivity index (χ4n) is 1.83. The van der Waals surface area contributed by atoms with Crippen molar-refractivity contribution in [1.82, 2.24) is 20.4 Å². The van der Waals surface area contributed by atoms with Gasteiger partial charge in [-0.3, -0.25) is 9.67 Å². The first-order chi connectivity index (χ1) is 9.61. The minimum Gasteiger partial charge on any atom is -0.357 e. The highest BCUT2D eigenvalue weighted by atomic mass is 15.3. The second-order valence-corrected chi connectivity index (χ2v) is 5.50. The highest BCUT2D eigenvalue weighted by molar-refractivity contribution is 5.79. The Morgan fingerprint density at radius 1 is 1.40 bits per heavy atom. The zero-order valence-corrected chi connectivity index (χ0v) is 13.3. The lowest BCUT2D eigenvalue weighted by Gasteiger charge is -2.12. The van der Waals surface area contributed by atoms with E-state index in [1.807, 2.05) is 10.9 Å². The maximum absolute atomic E-state index is 4.59. The molecule has 1 aromatic rings. The van der Waals surface area contributed by atoms with E-state index in [-0.39, 0.29) is 0 Å². The summed E-state index contributed by atoms with van der Waals surface area (Å²) in [4.78, 5) is 4.59. The Labute approximate surface area is 122 Å². The quantitative estimate of drug-likeness (QED) is 0.436. The third kappa shape index (κ3) is 7.16. The number of guanidine groups is 1. The molecule has 2 N–H and O–H groups in total. The van der Waals surface area contributed by atoms with E-state index in [4.69, 9.17) is 0 Å². The van der Waals surface area contributed by atoms with Crippen LogP contribution in [0.3, 0.4) is 0 Å². The molecule has 0 aromatic carbocycles. The van der Waals surface area contributed by atoms with Crippen LogP contribution in [0.15, 0.2) is 17.4 Å². The molecule has 0 amide bonds. The molecule has 5 heteroatoms. The summed E-state index contributed by atoms with van der Waals surface area (Å²) in [5.74, 6) is 1.64. The predicted octanol–water partition coefficient (Wildman–Crippen LogP) is 2.18. The van der Waals surface area contributed by atoms with Crippen molar-refractivity contribution in [3.8, 4) is 0 Å². The summed E-state index contributed by atoms with van der Waals surface area (Å²) in [5.41, 5.74) is 1.21. The van der Waals surface area contributed by atoms with Crippen LogP contribution >= 0.6 is 0 Å². The van der Waals surface area contributed by atoms with Gasteiger partial charge in [0, 0.05) is 32.4 Å². The van der Waals surface area contributed by atoms with Gasteiger partial charge in [-0.05, 0) is 38.2 Å². The first-order valence-electron chi connectivity index (χ1n) is 7.63. The Kier molecular flexibility index (Phi) is 7.77. The Morgan fingerprint density at radius 3 is 2.80 bits per heavy atom. The lowest BCUT2D eigenvalue weighted by atomic mass is 10.1. The molecule has 0 aliphatic heterocycles. The van der Waals surface area contributed by atoms with Crippen molar-refractivity contribution >= 4 is 5.96 Å². The monoisotopic (exact) mass is 279 g/mol. The van der Waals surface area contributed by atoms with Crippen LogP contribution in [0.4, 0.5) is 0 Å². The van der Waals surface area contributed by atoms with Crippen molar-refractivity contribution in [3.05, 3.63) is 18.0 Å². The molecule has 0 aliphatic rings. The van der Waals surface area contributed by atoms with Crippen LogP contribution < -0.4 is 10.6 Å². The summed E-state index contributed by atoms with van der Waals surface area (Å²) >= 11 is 0. The zero-order valence-electron chi connectivity index (χ0n) is 13.3. The maximum atomic E-state index is 4.59. The van der Waals surface area contributed by atoms with E-state index in [2.05, 4.69) is 54.6 Å². The van der Waals surface area contributed by atoms with Crippen molar-refractivity contribution < 1.29 is 0 Å². The van der Waals surface area contributed by atoms with Crippen LogP contribution in [0.2, 0.25) is 0 Å². The molecule has 0 radical (unpaired) electrons. The van der Waals surface area contributed by atoms with Gasteiger partial charge in [0.2, 0.25) is 0 Å². The van der Waals surface area contributed by atoms with Crippen LogP contribution in [0.5, 0.6) is 0 Å². The average molecular weight is 279 g/mol. The fourth-order valence-corrected chi connectivity index (χ4v) is 1.83. The third-order valence-corrected chi connectivity index (χ3v) is 2.94. The highest BCUT2D eigenvalue weighted by Gasteiger charge is 1.98. The lowest BCUT2D eigenvalue weighted by molar-refractivity contribution is 0.569. The number of rotatable bonds is 8. The first kappa shape index (κ1) is 16.5. The summed E-state index contributed by atoms with van der Waals surface area (Å²) in [6.07, 6.45) is 6.12. The van der Waals surface area contributed by atoms with Crippen LogP contribution in [0.25, 0.3) is 0 Å². The molecule has 0 aliphatic carbocycles. The smallest absolute Gasteiger partial charge is 0.191 e. The van der Waals surface area contributed by atoms with E-state index in [9.17, 15) is 0 Å². The Hall–Kier alpha value is -1.52. The highest BCUT2D eigenvalue weighted by Crippen LogP contribution is 1.97. The van der Waals surface area contributed by atoms with Gasteiger partial charge in [-0.1, -0.05) is 13.8 Å². The number of hydrogen-bond acceptors (Lipinski definition) is 2. The number of aryl methyl sites for hydroxylation is 2. The molecule has 0 fully saturated rings. The fraction of sp³-hybridized carbons (Fsp3) is 0.733. The van der Waals surface area contributed by atoms with Gasteiger partial charge in [-0.2, -0.15) is 5.10 Å². The van der Waals surface area contributed by atoms with Crippen molar-refractivity contribution in [2.75, 3.05) is 19.6 Å². The van der Waals surface area contributed by atoms with Crippen LogP contribution in [-0.4, -0.2) is 35.4 Å². The van der Waals surface area contributed by atoms with E-state index in [1.54, 1.807) is 0 Å². The summed E-state index contributed by atoms with van der Waals surface area (Å²) < 4.78 is 1.98. The van der Waals surface area contributed by atoms with Crippen molar-refractivity contribution in [1.29, 1.82) is 0 Å². The van der Waals surface area contributed by atoms with Gasteiger partial charge in [-0.25, -0.2) is 0 Å². The molecule has 1 aromatic heterocycles. The van der Waals surface area contributed by atoms with Crippen molar-refractivity contribution in [2.24, 2.45) is 10.9 Å². The molecule has 0 saturated heterocycles. The molecule has 1 rings (SSSR count). The summed E-state index contributed by atoms with van der Waals surface area (Å²) in [7, 11) is 0. The van der Waals surface area contributed by atoms with Crippen molar-refractivity contribution in [2.45, 2.75) is 47.1 Å². The van der Waals surface area contributed by atoms with E-state index >= 15 is 0 Å². The average Bonchev–Trinajstić information content (AvgIpc) is 2.80. The Bertz CT molecular complexity index is 395. The van der Waals surface area contributed by atoms with Gasteiger partial charge in [0.25, 0.3) is 0 Å². The molecule has 5 nitrogen and oxygen atoms in total. The maximum Gasteiger partial charge on any atom is 0.191 e. The minimum absolute atomic E-state index is 0.716. The standard InChI is InChI=1S/C15H29N5/c1-5-16-15(18-9-7-13(2)3)17-8-6-10-20-12-14(4)11-19-20/h11-13H,5-10H2,1-4H3,(H2,16,17,18). The van der Waals surface area contributed by atoms with Gasteiger partial charge in [0.05, 0.1) is 6.20 Å². The van der Waals surface area contributed by atoms with Crippen LogP contribution in [-0.2, 0) is 6.54 Å². The van der Waals surface area contributed by atoms with Crippen LogP contribution in [0, 0.1) is 12.8 Å². The predicted molar refractivity (Wildman–Crippen MR) is 85.0 cm³/mol. The van der Waals surface area contributed by atoms with E-state index < -0.39 is 0 Å². The van der Waals surface area contributed by atoms with Crippen molar-refractivity contribution in [3.63, 3.8) is 0 Å². The molecule has 0 spiro atoms. The van der Waals surface area contributed by atoms with Gasteiger partial charge >= 0.3 is 0 Å². The number of hydrogen-bond donors (Lipinski definition) is 2. The molecule has 0 saturated carbocycles. The second-order valence-electron chi connectivity index (χ2n) is 5.50. The first-order valence-corrected chi connectivity index (χ1v) is 7.63. The molecule has 0 atom stereocenters. The van der Waals surface area contributed by atoms with Gasteiger partial charge in [0.15, 0.2) is 5.96 Å². The Morgan fingerprint density at radius 2 is 2.20 bits per heavy atom. The number of nitrogens with zero attached hydrogens (tertiary/aromatic N) is 3. The largest absolute Gasteiger partial charge is 0.357 e. The summed E-state index contributed by atoms with van der Waals surface area (Å²) in [5, 5.41) is 10.9. The number of nitrogens with one attached hydrogen (secondary N) is 2. The number of aliphatic imine (C=N–C) groups is 1. The Balaban J connectivity index is 2.27. The van der Waals surface area contributed by atoms with E-state index in [0.717, 1.165) is 45.0 Å². The zero-order chi connectivity index (χ0) is 14.8.